The van der Waals surface area contributed by atoms with Crippen molar-refractivity contribution >= 4 is 10.0 Å². The highest BCUT2D eigenvalue weighted by atomic mass is 32.2. The Balaban J connectivity index is 2.17. The summed E-state index contributed by atoms with van der Waals surface area (Å²) >= 11 is 0. The third-order valence-electron chi connectivity index (χ3n) is 3.44. The Kier molecular flexibility index (Phi) is 5.55. The molecule has 0 spiro atoms. The van der Waals surface area contributed by atoms with Crippen molar-refractivity contribution in [1.82, 2.24) is 4.72 Å². The number of hydrogen-bond acceptors (Lipinski definition) is 2. The van der Waals surface area contributed by atoms with E-state index in [1.54, 1.807) is 26.0 Å². The van der Waals surface area contributed by atoms with Crippen molar-refractivity contribution in [3.63, 3.8) is 0 Å². The standard InChI is InChI=1S/C18H16F3NO2S/c1-13-9-10-14(2)17(12-13)25(23,24)22-11-5-7-15-6-3-4-8-16(15)18(19,20)21/h3-4,6,8-10,12,22H,11H2,1-2H3. The molecule has 2 aromatic carbocycles. The first kappa shape index (κ1) is 19.0. The number of aryl methyl sites for hydroxylation is 2. The summed E-state index contributed by atoms with van der Waals surface area (Å²) < 4.78 is 65.5. The second kappa shape index (κ2) is 7.30. The lowest BCUT2D eigenvalue weighted by molar-refractivity contribution is -0.137. The minimum Gasteiger partial charge on any atom is -0.207 e. The molecule has 0 radical (unpaired) electrons. The first-order valence-electron chi connectivity index (χ1n) is 7.33. The molecule has 0 heterocycles. The molecule has 3 nitrogen and oxygen atoms in total. The van der Waals surface area contributed by atoms with E-state index in [9.17, 15) is 21.6 Å². The van der Waals surface area contributed by atoms with Crippen LogP contribution >= 0.6 is 0 Å². The van der Waals surface area contributed by atoms with Crippen molar-refractivity contribution in [2.45, 2.75) is 24.9 Å². The second-order valence-corrected chi connectivity index (χ2v) is 7.17. The van der Waals surface area contributed by atoms with Crippen molar-refractivity contribution in [1.29, 1.82) is 0 Å². The van der Waals surface area contributed by atoms with E-state index in [4.69, 9.17) is 0 Å². The molecule has 2 aromatic rings. The van der Waals surface area contributed by atoms with Crippen LogP contribution in [0.4, 0.5) is 13.2 Å². The van der Waals surface area contributed by atoms with E-state index < -0.39 is 21.8 Å². The lowest BCUT2D eigenvalue weighted by atomic mass is 10.1. The molecule has 0 aliphatic rings. The van der Waals surface area contributed by atoms with Gasteiger partial charge in [-0.05, 0) is 43.2 Å². The highest BCUT2D eigenvalue weighted by Crippen LogP contribution is 2.31. The molecule has 0 amide bonds. The number of halogens is 3. The molecule has 0 fully saturated rings. The average molecular weight is 367 g/mol. The molecule has 0 bridgehead atoms. The smallest absolute Gasteiger partial charge is 0.207 e. The first-order chi connectivity index (χ1) is 11.6. The predicted molar refractivity (Wildman–Crippen MR) is 89.4 cm³/mol. The molecular formula is C18H16F3NO2S. The summed E-state index contributed by atoms with van der Waals surface area (Å²) in [5, 5.41) is 0. The van der Waals surface area contributed by atoms with Gasteiger partial charge in [0.15, 0.2) is 0 Å². The maximum Gasteiger partial charge on any atom is 0.417 e. The zero-order valence-electron chi connectivity index (χ0n) is 13.6. The summed E-state index contributed by atoms with van der Waals surface area (Å²) in [7, 11) is -3.78. The molecule has 0 atom stereocenters. The van der Waals surface area contributed by atoms with E-state index in [2.05, 4.69) is 16.6 Å². The summed E-state index contributed by atoms with van der Waals surface area (Å²) in [6.45, 7) is 3.15. The Morgan fingerprint density at radius 3 is 2.44 bits per heavy atom. The van der Waals surface area contributed by atoms with Gasteiger partial charge in [-0.15, -0.1) is 0 Å². The van der Waals surface area contributed by atoms with Crippen molar-refractivity contribution < 1.29 is 21.6 Å². The van der Waals surface area contributed by atoms with Gasteiger partial charge >= 0.3 is 6.18 Å². The molecular weight excluding hydrogens is 351 g/mol. The number of nitrogens with one attached hydrogen (secondary N) is 1. The van der Waals surface area contributed by atoms with Crippen molar-refractivity contribution in [3.8, 4) is 11.8 Å². The first-order valence-corrected chi connectivity index (χ1v) is 8.81. The number of sulfonamides is 1. The van der Waals surface area contributed by atoms with E-state index in [1.165, 1.54) is 24.3 Å². The fourth-order valence-electron chi connectivity index (χ4n) is 2.18. The summed E-state index contributed by atoms with van der Waals surface area (Å²) in [5.41, 5.74) is 0.324. The molecule has 2 rings (SSSR count). The van der Waals surface area contributed by atoms with Gasteiger partial charge in [0.2, 0.25) is 10.0 Å². The van der Waals surface area contributed by atoms with Crippen LogP contribution in [0, 0.1) is 25.7 Å². The molecule has 25 heavy (non-hydrogen) atoms. The number of benzene rings is 2. The van der Waals surface area contributed by atoms with Gasteiger partial charge in [0.25, 0.3) is 0 Å². The summed E-state index contributed by atoms with van der Waals surface area (Å²) in [5.74, 6) is 4.81. The summed E-state index contributed by atoms with van der Waals surface area (Å²) in [6, 6.07) is 9.91. The topological polar surface area (TPSA) is 46.2 Å². The van der Waals surface area contributed by atoms with E-state index >= 15 is 0 Å². The molecule has 0 aliphatic heterocycles. The molecule has 0 aromatic heterocycles. The number of rotatable bonds is 3. The molecule has 132 valence electrons. The minimum absolute atomic E-state index is 0.130. The van der Waals surface area contributed by atoms with E-state index in [1.807, 2.05) is 0 Å². The second-order valence-electron chi connectivity index (χ2n) is 5.44. The third-order valence-corrected chi connectivity index (χ3v) is 4.98. The van der Waals surface area contributed by atoms with Crippen LogP contribution in [0.15, 0.2) is 47.4 Å². The maximum atomic E-state index is 12.9. The highest BCUT2D eigenvalue weighted by molar-refractivity contribution is 7.89. The van der Waals surface area contributed by atoms with Gasteiger partial charge in [-0.1, -0.05) is 36.1 Å². The SMILES string of the molecule is Cc1ccc(C)c(S(=O)(=O)NCC#Cc2ccccc2C(F)(F)F)c1. The monoisotopic (exact) mass is 367 g/mol. The van der Waals surface area contributed by atoms with Crippen molar-refractivity contribution in [3.05, 3.63) is 64.7 Å². The minimum atomic E-state index is -4.51. The fourth-order valence-corrected chi connectivity index (χ4v) is 3.44. The normalized spacial score (nSPS) is 11.7. The molecule has 0 unspecified atom stereocenters. The van der Waals surface area contributed by atoms with Crippen LogP contribution in [0.5, 0.6) is 0 Å². The third kappa shape index (κ3) is 4.84. The van der Waals surface area contributed by atoms with Crippen LogP contribution in [-0.2, 0) is 16.2 Å². The van der Waals surface area contributed by atoms with Crippen molar-refractivity contribution in [2.24, 2.45) is 0 Å². The Morgan fingerprint density at radius 2 is 1.76 bits per heavy atom. The molecule has 0 saturated heterocycles. The Labute approximate surface area is 144 Å². The summed E-state index contributed by atoms with van der Waals surface area (Å²) in [4.78, 5) is 0.130. The van der Waals surface area contributed by atoms with Crippen LogP contribution in [0.25, 0.3) is 0 Å². The van der Waals surface area contributed by atoms with Crippen LogP contribution < -0.4 is 4.72 Å². The van der Waals surface area contributed by atoms with Gasteiger partial charge in [-0.25, -0.2) is 8.42 Å². The fraction of sp³-hybridized carbons (Fsp3) is 0.222. The van der Waals surface area contributed by atoms with Gasteiger partial charge in [-0.2, -0.15) is 17.9 Å². The van der Waals surface area contributed by atoms with Gasteiger partial charge < -0.3 is 0 Å². The Hall–Kier alpha value is -2.30. The largest absolute Gasteiger partial charge is 0.417 e. The van der Waals surface area contributed by atoms with Gasteiger partial charge in [0, 0.05) is 5.56 Å². The molecule has 1 N–H and O–H groups in total. The van der Waals surface area contributed by atoms with E-state index in [0.717, 1.165) is 11.6 Å². The van der Waals surface area contributed by atoms with E-state index in [0.29, 0.717) is 5.56 Å². The molecule has 0 aliphatic carbocycles. The van der Waals surface area contributed by atoms with Crippen LogP contribution in [0.1, 0.15) is 22.3 Å². The lowest BCUT2D eigenvalue weighted by Crippen LogP contribution is -2.24. The van der Waals surface area contributed by atoms with E-state index in [-0.39, 0.29) is 17.0 Å². The molecule has 0 saturated carbocycles. The average Bonchev–Trinajstić information content (AvgIpc) is 2.53. The predicted octanol–water partition coefficient (Wildman–Crippen LogP) is 3.65. The van der Waals surface area contributed by atoms with Crippen LogP contribution in [0.3, 0.4) is 0 Å². The Morgan fingerprint density at radius 1 is 1.08 bits per heavy atom. The van der Waals surface area contributed by atoms with Gasteiger partial charge in [0.05, 0.1) is 17.0 Å². The quantitative estimate of drug-likeness (QED) is 0.842. The Bertz CT molecular complexity index is 939. The van der Waals surface area contributed by atoms with Gasteiger partial charge in [0.1, 0.15) is 0 Å². The van der Waals surface area contributed by atoms with Gasteiger partial charge in [-0.3, -0.25) is 0 Å². The zero-order chi connectivity index (χ0) is 18.7. The number of alkyl halides is 3. The molecule has 7 heteroatoms. The number of hydrogen-bond donors (Lipinski definition) is 1. The van der Waals surface area contributed by atoms with Crippen molar-refractivity contribution in [2.75, 3.05) is 6.54 Å². The lowest BCUT2D eigenvalue weighted by Gasteiger charge is -2.09. The maximum absolute atomic E-state index is 12.9. The highest BCUT2D eigenvalue weighted by Gasteiger charge is 2.32. The van der Waals surface area contributed by atoms with Crippen LogP contribution in [-0.4, -0.2) is 15.0 Å². The summed E-state index contributed by atoms with van der Waals surface area (Å²) in [6.07, 6.45) is -4.51. The van der Waals surface area contributed by atoms with Crippen LogP contribution in [0.2, 0.25) is 0 Å². The zero-order valence-corrected chi connectivity index (χ0v) is 14.4.